The fraction of sp³-hybridized carbons (Fsp3) is 0.250. The fourth-order valence-corrected chi connectivity index (χ4v) is 4.41. The molecule has 3 aromatic rings. The molecule has 2 unspecified atom stereocenters. The predicted octanol–water partition coefficient (Wildman–Crippen LogP) is 5.91. The lowest BCUT2D eigenvalue weighted by molar-refractivity contribution is 0.315. The Kier molecular flexibility index (Phi) is 5.52. The molecule has 1 saturated heterocycles. The minimum atomic E-state index is 0.590. The van der Waals surface area contributed by atoms with E-state index in [9.17, 15) is 0 Å². The van der Waals surface area contributed by atoms with Crippen LogP contribution in [0.15, 0.2) is 89.4 Å². The summed E-state index contributed by atoms with van der Waals surface area (Å²) in [5, 5.41) is 0. The highest BCUT2D eigenvalue weighted by atomic mass is 79.9. The van der Waals surface area contributed by atoms with E-state index in [0.29, 0.717) is 11.8 Å². The van der Waals surface area contributed by atoms with Crippen molar-refractivity contribution in [3.8, 4) is 0 Å². The normalized spacial score (nSPS) is 20.3. The highest BCUT2D eigenvalue weighted by Crippen LogP contribution is 2.36. The molecule has 1 nitrogen and oxygen atoms in total. The summed E-state index contributed by atoms with van der Waals surface area (Å²) in [6.07, 6.45) is 1.15. The van der Waals surface area contributed by atoms with Gasteiger partial charge < -0.3 is 0 Å². The Balaban J connectivity index is 1.54. The van der Waals surface area contributed by atoms with Gasteiger partial charge in [0, 0.05) is 30.0 Å². The van der Waals surface area contributed by atoms with Crippen molar-refractivity contribution in [1.29, 1.82) is 0 Å². The van der Waals surface area contributed by atoms with Crippen molar-refractivity contribution in [1.82, 2.24) is 4.90 Å². The average molecular weight is 406 g/mol. The van der Waals surface area contributed by atoms with E-state index in [-0.39, 0.29) is 0 Å². The molecule has 0 aromatic heterocycles. The van der Waals surface area contributed by atoms with Crippen LogP contribution in [-0.4, -0.2) is 18.0 Å². The molecular weight excluding hydrogens is 382 g/mol. The summed E-state index contributed by atoms with van der Waals surface area (Å²) in [5.74, 6) is 1.24. The SMILES string of the molecule is Brc1ccc(C2CN(Cc3ccccc3)CC2Cc2ccccc2)cc1. The van der Waals surface area contributed by atoms with Crippen molar-refractivity contribution in [2.75, 3.05) is 13.1 Å². The lowest BCUT2D eigenvalue weighted by atomic mass is 9.85. The smallest absolute Gasteiger partial charge is 0.0234 e. The quantitative estimate of drug-likeness (QED) is 0.509. The summed E-state index contributed by atoms with van der Waals surface area (Å²) < 4.78 is 1.15. The summed E-state index contributed by atoms with van der Waals surface area (Å²) >= 11 is 3.57. The van der Waals surface area contributed by atoms with Crippen LogP contribution in [0.2, 0.25) is 0 Å². The summed E-state index contributed by atoms with van der Waals surface area (Å²) in [6.45, 7) is 3.33. The Morgan fingerprint density at radius 2 is 1.35 bits per heavy atom. The predicted molar refractivity (Wildman–Crippen MR) is 112 cm³/mol. The van der Waals surface area contributed by atoms with E-state index in [1.54, 1.807) is 0 Å². The van der Waals surface area contributed by atoms with E-state index in [1.165, 1.54) is 16.7 Å². The Morgan fingerprint density at radius 3 is 2.00 bits per heavy atom. The van der Waals surface area contributed by atoms with E-state index in [0.717, 1.165) is 30.5 Å². The molecular formula is C24H24BrN. The first kappa shape index (κ1) is 17.5. The van der Waals surface area contributed by atoms with Crippen molar-refractivity contribution >= 4 is 15.9 Å². The van der Waals surface area contributed by atoms with Gasteiger partial charge in [0.2, 0.25) is 0 Å². The zero-order valence-electron chi connectivity index (χ0n) is 14.9. The molecule has 2 atom stereocenters. The van der Waals surface area contributed by atoms with Gasteiger partial charge in [-0.1, -0.05) is 88.7 Å². The Hall–Kier alpha value is -1.90. The number of hydrogen-bond donors (Lipinski definition) is 0. The fourth-order valence-electron chi connectivity index (χ4n) is 4.14. The van der Waals surface area contributed by atoms with Crippen LogP contribution in [0, 0.1) is 5.92 Å². The maximum Gasteiger partial charge on any atom is 0.0234 e. The number of halogens is 1. The van der Waals surface area contributed by atoms with E-state index < -0.39 is 0 Å². The number of nitrogens with zero attached hydrogens (tertiary/aromatic N) is 1. The second-order valence-corrected chi connectivity index (χ2v) is 8.20. The third-order valence-electron chi connectivity index (χ3n) is 5.40. The first-order valence-corrected chi connectivity index (χ1v) is 10.1. The summed E-state index contributed by atoms with van der Waals surface area (Å²) in [7, 11) is 0. The van der Waals surface area contributed by atoms with Gasteiger partial charge in [0.1, 0.15) is 0 Å². The van der Waals surface area contributed by atoms with Crippen LogP contribution in [0.1, 0.15) is 22.6 Å². The molecule has 1 fully saturated rings. The van der Waals surface area contributed by atoms with E-state index >= 15 is 0 Å². The molecule has 132 valence electrons. The van der Waals surface area contributed by atoms with Crippen molar-refractivity contribution < 1.29 is 0 Å². The van der Waals surface area contributed by atoms with Crippen molar-refractivity contribution in [2.24, 2.45) is 5.92 Å². The maximum atomic E-state index is 3.57. The molecule has 0 bridgehead atoms. The minimum Gasteiger partial charge on any atom is -0.298 e. The second-order valence-electron chi connectivity index (χ2n) is 7.29. The van der Waals surface area contributed by atoms with Crippen LogP contribution in [0.5, 0.6) is 0 Å². The lowest BCUT2D eigenvalue weighted by Gasteiger charge is -2.19. The van der Waals surface area contributed by atoms with Gasteiger partial charge in [-0.05, 0) is 41.2 Å². The topological polar surface area (TPSA) is 3.24 Å². The van der Waals surface area contributed by atoms with Crippen LogP contribution in [0.25, 0.3) is 0 Å². The first-order valence-electron chi connectivity index (χ1n) is 9.33. The molecule has 0 amide bonds. The van der Waals surface area contributed by atoms with Gasteiger partial charge in [0.05, 0.1) is 0 Å². The van der Waals surface area contributed by atoms with Gasteiger partial charge in [-0.2, -0.15) is 0 Å². The molecule has 1 aliphatic rings. The zero-order chi connectivity index (χ0) is 17.8. The van der Waals surface area contributed by atoms with Crippen LogP contribution in [0.4, 0.5) is 0 Å². The van der Waals surface area contributed by atoms with Gasteiger partial charge in [0.15, 0.2) is 0 Å². The molecule has 1 aliphatic heterocycles. The lowest BCUT2D eigenvalue weighted by Crippen LogP contribution is -2.20. The largest absolute Gasteiger partial charge is 0.298 e. The number of likely N-dealkylation sites (tertiary alicyclic amines) is 1. The minimum absolute atomic E-state index is 0.590. The summed E-state index contributed by atoms with van der Waals surface area (Å²) in [4.78, 5) is 2.62. The summed E-state index contributed by atoms with van der Waals surface area (Å²) in [6, 6.07) is 30.7. The van der Waals surface area contributed by atoms with Gasteiger partial charge in [-0.15, -0.1) is 0 Å². The molecule has 26 heavy (non-hydrogen) atoms. The van der Waals surface area contributed by atoms with E-state index in [2.05, 4.69) is 106 Å². The van der Waals surface area contributed by atoms with Gasteiger partial charge in [-0.25, -0.2) is 0 Å². The first-order chi connectivity index (χ1) is 12.8. The third-order valence-corrected chi connectivity index (χ3v) is 5.93. The Bertz CT molecular complexity index is 814. The van der Waals surface area contributed by atoms with Gasteiger partial charge >= 0.3 is 0 Å². The number of rotatable bonds is 5. The molecule has 3 aromatic carbocycles. The molecule has 0 aliphatic carbocycles. The van der Waals surface area contributed by atoms with Crippen molar-refractivity contribution in [3.05, 3.63) is 106 Å². The third kappa shape index (κ3) is 4.25. The standard InChI is InChI=1S/C24H24BrN/c25-23-13-11-21(12-14-23)24-18-26(16-20-9-5-2-6-10-20)17-22(24)15-19-7-3-1-4-8-19/h1-14,22,24H,15-18H2. The number of hydrogen-bond acceptors (Lipinski definition) is 1. The molecule has 0 radical (unpaired) electrons. The molecule has 1 heterocycles. The van der Waals surface area contributed by atoms with Gasteiger partial charge in [-0.3, -0.25) is 4.90 Å². The van der Waals surface area contributed by atoms with Crippen LogP contribution < -0.4 is 0 Å². The number of benzene rings is 3. The van der Waals surface area contributed by atoms with Crippen molar-refractivity contribution in [2.45, 2.75) is 18.9 Å². The molecule has 0 N–H and O–H groups in total. The average Bonchev–Trinajstić information content (AvgIpc) is 3.06. The molecule has 0 spiro atoms. The molecule has 2 heteroatoms. The molecule has 0 saturated carbocycles. The maximum absolute atomic E-state index is 3.57. The van der Waals surface area contributed by atoms with E-state index in [1.807, 2.05) is 0 Å². The highest BCUT2D eigenvalue weighted by molar-refractivity contribution is 9.10. The Labute approximate surface area is 164 Å². The Morgan fingerprint density at radius 1 is 0.731 bits per heavy atom. The monoisotopic (exact) mass is 405 g/mol. The summed E-state index contributed by atoms with van der Waals surface area (Å²) in [5.41, 5.74) is 4.31. The van der Waals surface area contributed by atoms with Gasteiger partial charge in [0.25, 0.3) is 0 Å². The second kappa shape index (κ2) is 8.20. The zero-order valence-corrected chi connectivity index (χ0v) is 16.5. The van der Waals surface area contributed by atoms with Crippen LogP contribution in [0.3, 0.4) is 0 Å². The van der Waals surface area contributed by atoms with Crippen molar-refractivity contribution in [3.63, 3.8) is 0 Å². The molecule has 4 rings (SSSR count). The van der Waals surface area contributed by atoms with E-state index in [4.69, 9.17) is 0 Å². The highest BCUT2D eigenvalue weighted by Gasteiger charge is 2.33. The van der Waals surface area contributed by atoms with Crippen LogP contribution >= 0.6 is 15.9 Å². The van der Waals surface area contributed by atoms with Crippen LogP contribution in [-0.2, 0) is 13.0 Å².